The zero-order valence-electron chi connectivity index (χ0n) is 16.4. The minimum absolute atomic E-state index is 0.00827. The van der Waals surface area contributed by atoms with E-state index in [1.807, 2.05) is 35.2 Å². The van der Waals surface area contributed by atoms with E-state index in [0.29, 0.717) is 31.1 Å². The molecular weight excluding hydrogens is 364 g/mol. The highest BCUT2D eigenvalue weighted by Gasteiger charge is 2.25. The fourth-order valence-electron chi connectivity index (χ4n) is 4.52. The largest absolute Gasteiger partial charge is 0.339 e. The molecule has 2 aliphatic rings. The third-order valence-electron chi connectivity index (χ3n) is 6.21. The van der Waals surface area contributed by atoms with E-state index in [-0.39, 0.29) is 11.5 Å². The van der Waals surface area contributed by atoms with Gasteiger partial charge in [-0.25, -0.2) is 4.68 Å². The summed E-state index contributed by atoms with van der Waals surface area (Å²) in [5, 5.41) is 5.58. The molecule has 148 valence electrons. The average Bonchev–Trinajstić information content (AvgIpc) is 3.21. The Bertz CT molecular complexity index is 1130. The summed E-state index contributed by atoms with van der Waals surface area (Å²) in [6, 6.07) is 11.3. The SMILES string of the molecule is O=C(c1ccc2ncccc2c1)N1CCC(Cn2nc3c(cc2=O)CCC3)CC1. The van der Waals surface area contributed by atoms with Crippen LogP contribution in [-0.4, -0.2) is 38.7 Å². The van der Waals surface area contributed by atoms with Gasteiger partial charge in [0.1, 0.15) is 0 Å². The van der Waals surface area contributed by atoms with Crippen LogP contribution in [0, 0.1) is 5.92 Å². The average molecular weight is 388 g/mol. The van der Waals surface area contributed by atoms with Gasteiger partial charge in [-0.1, -0.05) is 6.07 Å². The number of piperidine rings is 1. The standard InChI is InChI=1S/C23H24N4O2/c28-22-14-18-3-1-5-21(18)25-27(22)15-16-8-11-26(12-9-16)23(29)19-6-7-20-17(13-19)4-2-10-24-20/h2,4,6-7,10,13-14,16H,1,3,5,8-9,11-12,15H2. The van der Waals surface area contributed by atoms with Gasteiger partial charge in [0, 0.05) is 42.8 Å². The molecule has 1 aliphatic heterocycles. The van der Waals surface area contributed by atoms with Crippen molar-refractivity contribution in [3.05, 3.63) is 69.8 Å². The molecule has 5 rings (SSSR count). The summed E-state index contributed by atoms with van der Waals surface area (Å²) in [6.45, 7) is 2.08. The van der Waals surface area contributed by atoms with Crippen LogP contribution in [0.4, 0.5) is 0 Å². The number of nitrogens with zero attached hydrogens (tertiary/aromatic N) is 4. The molecule has 2 aromatic heterocycles. The highest BCUT2D eigenvalue weighted by atomic mass is 16.2. The molecule has 3 heterocycles. The Kier molecular flexibility index (Phi) is 4.62. The van der Waals surface area contributed by atoms with Crippen molar-refractivity contribution in [2.75, 3.05) is 13.1 Å². The first-order valence-corrected chi connectivity index (χ1v) is 10.4. The number of fused-ring (bicyclic) bond motifs is 2. The molecule has 0 radical (unpaired) electrons. The Morgan fingerprint density at radius 3 is 2.83 bits per heavy atom. The molecule has 0 unspecified atom stereocenters. The number of hydrogen-bond acceptors (Lipinski definition) is 4. The fraction of sp³-hybridized carbons (Fsp3) is 0.391. The van der Waals surface area contributed by atoms with E-state index in [2.05, 4.69) is 10.1 Å². The summed E-state index contributed by atoms with van der Waals surface area (Å²) in [6.07, 6.45) is 6.60. The number of benzene rings is 1. The van der Waals surface area contributed by atoms with Gasteiger partial charge in [0.15, 0.2) is 0 Å². The third-order valence-corrected chi connectivity index (χ3v) is 6.21. The first kappa shape index (κ1) is 18.0. The van der Waals surface area contributed by atoms with Crippen molar-refractivity contribution < 1.29 is 4.79 Å². The monoisotopic (exact) mass is 388 g/mol. The Hall–Kier alpha value is -3.02. The van der Waals surface area contributed by atoms with Gasteiger partial charge in [-0.15, -0.1) is 0 Å². The lowest BCUT2D eigenvalue weighted by molar-refractivity contribution is 0.0680. The van der Waals surface area contributed by atoms with Crippen molar-refractivity contribution in [1.29, 1.82) is 0 Å². The minimum Gasteiger partial charge on any atom is -0.339 e. The number of carbonyl (C=O) groups excluding carboxylic acids is 1. The van der Waals surface area contributed by atoms with Gasteiger partial charge in [-0.2, -0.15) is 5.10 Å². The topological polar surface area (TPSA) is 68.1 Å². The number of rotatable bonds is 3. The van der Waals surface area contributed by atoms with Gasteiger partial charge in [-0.3, -0.25) is 14.6 Å². The zero-order valence-corrected chi connectivity index (χ0v) is 16.4. The number of pyridine rings is 1. The summed E-state index contributed by atoms with van der Waals surface area (Å²) in [5.74, 6) is 0.450. The molecule has 1 saturated heterocycles. The van der Waals surface area contributed by atoms with E-state index in [9.17, 15) is 9.59 Å². The highest BCUT2D eigenvalue weighted by Crippen LogP contribution is 2.22. The summed E-state index contributed by atoms with van der Waals surface area (Å²) in [7, 11) is 0. The maximum absolute atomic E-state index is 12.9. The van der Waals surface area contributed by atoms with Crippen LogP contribution in [0.15, 0.2) is 47.4 Å². The predicted octanol–water partition coefficient (Wildman–Crippen LogP) is 2.83. The van der Waals surface area contributed by atoms with Gasteiger partial charge in [-0.05, 0) is 67.9 Å². The van der Waals surface area contributed by atoms with Crippen molar-refractivity contribution in [2.24, 2.45) is 5.92 Å². The molecule has 0 N–H and O–H groups in total. The number of hydrogen-bond donors (Lipinski definition) is 0. The number of aryl methyl sites for hydroxylation is 2. The van der Waals surface area contributed by atoms with Crippen LogP contribution in [0.3, 0.4) is 0 Å². The predicted molar refractivity (Wildman–Crippen MR) is 111 cm³/mol. The Morgan fingerprint density at radius 1 is 1.10 bits per heavy atom. The van der Waals surface area contributed by atoms with Crippen LogP contribution >= 0.6 is 0 Å². The van der Waals surface area contributed by atoms with Gasteiger partial charge >= 0.3 is 0 Å². The van der Waals surface area contributed by atoms with Crippen LogP contribution in [0.5, 0.6) is 0 Å². The maximum Gasteiger partial charge on any atom is 0.267 e. The van der Waals surface area contributed by atoms with Crippen molar-refractivity contribution in [1.82, 2.24) is 19.7 Å². The second-order valence-electron chi connectivity index (χ2n) is 8.14. The second-order valence-corrected chi connectivity index (χ2v) is 8.14. The number of amides is 1. The van der Waals surface area contributed by atoms with E-state index < -0.39 is 0 Å². The van der Waals surface area contributed by atoms with Gasteiger partial charge in [0.05, 0.1) is 11.2 Å². The van der Waals surface area contributed by atoms with Crippen LogP contribution in [0.25, 0.3) is 10.9 Å². The molecule has 0 atom stereocenters. The number of likely N-dealkylation sites (tertiary alicyclic amines) is 1. The zero-order chi connectivity index (χ0) is 19.8. The quantitative estimate of drug-likeness (QED) is 0.692. The Morgan fingerprint density at radius 2 is 1.97 bits per heavy atom. The summed E-state index contributed by atoms with van der Waals surface area (Å²) in [5.41, 5.74) is 3.82. The molecule has 6 heteroatoms. The lowest BCUT2D eigenvalue weighted by Gasteiger charge is -2.32. The molecule has 0 bridgehead atoms. The third kappa shape index (κ3) is 3.55. The van der Waals surface area contributed by atoms with Crippen LogP contribution in [0.2, 0.25) is 0 Å². The lowest BCUT2D eigenvalue weighted by atomic mass is 9.96. The van der Waals surface area contributed by atoms with Gasteiger partial charge < -0.3 is 4.90 Å². The molecule has 6 nitrogen and oxygen atoms in total. The van der Waals surface area contributed by atoms with E-state index >= 15 is 0 Å². The van der Waals surface area contributed by atoms with Crippen molar-refractivity contribution in [2.45, 2.75) is 38.6 Å². The normalized spacial score (nSPS) is 16.9. The fourth-order valence-corrected chi connectivity index (χ4v) is 4.52. The summed E-state index contributed by atoms with van der Waals surface area (Å²) < 4.78 is 1.64. The molecule has 1 amide bonds. The molecular formula is C23H24N4O2. The van der Waals surface area contributed by atoms with Crippen molar-refractivity contribution >= 4 is 16.8 Å². The molecule has 1 fully saturated rings. The second kappa shape index (κ2) is 7.43. The minimum atomic E-state index is 0.00827. The van der Waals surface area contributed by atoms with E-state index in [1.165, 1.54) is 0 Å². The molecule has 29 heavy (non-hydrogen) atoms. The van der Waals surface area contributed by atoms with Crippen LogP contribution in [-0.2, 0) is 19.4 Å². The number of carbonyl (C=O) groups is 1. The Balaban J connectivity index is 1.24. The molecule has 1 aromatic carbocycles. The summed E-state index contributed by atoms with van der Waals surface area (Å²) >= 11 is 0. The van der Waals surface area contributed by atoms with Crippen LogP contribution < -0.4 is 5.56 Å². The van der Waals surface area contributed by atoms with E-state index in [4.69, 9.17) is 0 Å². The molecule has 1 aliphatic carbocycles. The maximum atomic E-state index is 12.9. The van der Waals surface area contributed by atoms with Crippen LogP contribution in [0.1, 0.15) is 40.9 Å². The lowest BCUT2D eigenvalue weighted by Crippen LogP contribution is -2.40. The number of aromatic nitrogens is 3. The molecule has 0 spiro atoms. The summed E-state index contributed by atoms with van der Waals surface area (Å²) in [4.78, 5) is 31.5. The molecule has 3 aromatic rings. The first-order valence-electron chi connectivity index (χ1n) is 10.4. The van der Waals surface area contributed by atoms with Crippen molar-refractivity contribution in [3.8, 4) is 0 Å². The first-order chi connectivity index (χ1) is 14.2. The smallest absolute Gasteiger partial charge is 0.267 e. The van der Waals surface area contributed by atoms with E-state index in [0.717, 1.165) is 54.3 Å². The van der Waals surface area contributed by atoms with Gasteiger partial charge in [0.2, 0.25) is 0 Å². The Labute approximate surface area is 169 Å². The van der Waals surface area contributed by atoms with Crippen molar-refractivity contribution in [3.63, 3.8) is 0 Å². The molecule has 0 saturated carbocycles. The highest BCUT2D eigenvalue weighted by molar-refractivity contribution is 5.97. The van der Waals surface area contributed by atoms with E-state index in [1.54, 1.807) is 16.9 Å². The van der Waals surface area contributed by atoms with Gasteiger partial charge in [0.25, 0.3) is 11.5 Å².